The lowest BCUT2D eigenvalue weighted by Gasteiger charge is -2.18. The third kappa shape index (κ3) is 4.81. The smallest absolute Gasteiger partial charge is 0.320 e. The van der Waals surface area contributed by atoms with Crippen LogP contribution in [0.1, 0.15) is 32.6 Å². The van der Waals surface area contributed by atoms with Gasteiger partial charge in [0.05, 0.1) is 6.42 Å². The Morgan fingerprint density at radius 2 is 1.93 bits per heavy atom. The highest BCUT2D eigenvalue weighted by atomic mass is 16.4. The second kappa shape index (κ2) is 6.37. The number of carboxylic acid groups (broad SMARTS) is 2. The number of carbonyl (C=O) groups is 2. The van der Waals surface area contributed by atoms with Gasteiger partial charge in [-0.3, -0.25) is 9.59 Å². The molecule has 0 aliphatic heterocycles. The van der Waals surface area contributed by atoms with Gasteiger partial charge in [-0.25, -0.2) is 0 Å². The van der Waals surface area contributed by atoms with Crippen molar-refractivity contribution in [1.82, 2.24) is 0 Å². The van der Waals surface area contributed by atoms with Crippen molar-refractivity contribution in [2.24, 2.45) is 11.7 Å². The molecule has 0 aliphatic rings. The van der Waals surface area contributed by atoms with Crippen LogP contribution in [0.25, 0.3) is 0 Å². The fourth-order valence-electron chi connectivity index (χ4n) is 1.30. The van der Waals surface area contributed by atoms with Crippen molar-refractivity contribution in [1.29, 1.82) is 0 Å². The molecule has 0 saturated heterocycles. The Bertz CT molecular complexity index is 205. The van der Waals surface area contributed by atoms with Gasteiger partial charge in [-0.2, -0.15) is 0 Å². The van der Waals surface area contributed by atoms with E-state index < -0.39 is 23.9 Å². The van der Waals surface area contributed by atoms with Crippen molar-refractivity contribution in [3.05, 3.63) is 0 Å². The molecule has 0 aromatic carbocycles. The molecule has 5 heteroatoms. The molecule has 82 valence electrons. The Morgan fingerprint density at radius 1 is 1.36 bits per heavy atom. The molecular weight excluding hydrogens is 186 g/mol. The normalized spacial score (nSPS) is 14.7. The minimum atomic E-state index is -1.13. The van der Waals surface area contributed by atoms with Crippen LogP contribution in [0.4, 0.5) is 0 Å². The Balaban J connectivity index is 4.22. The summed E-state index contributed by atoms with van der Waals surface area (Å²) in [7, 11) is 0. The summed E-state index contributed by atoms with van der Waals surface area (Å²) in [5.74, 6) is -2.60. The van der Waals surface area contributed by atoms with E-state index in [-0.39, 0.29) is 6.42 Å². The van der Waals surface area contributed by atoms with Crippen LogP contribution in [0, 0.1) is 5.92 Å². The van der Waals surface area contributed by atoms with Gasteiger partial charge in [0, 0.05) is 0 Å². The van der Waals surface area contributed by atoms with Gasteiger partial charge in [-0.05, 0) is 12.3 Å². The molecule has 0 radical (unpaired) electrons. The first-order valence-corrected chi connectivity index (χ1v) is 4.69. The number of hydrogen-bond donors (Lipinski definition) is 3. The number of hydrogen-bond acceptors (Lipinski definition) is 3. The number of nitrogens with two attached hydrogens (primary N) is 1. The van der Waals surface area contributed by atoms with Gasteiger partial charge in [0.15, 0.2) is 0 Å². The lowest BCUT2D eigenvalue weighted by atomic mass is 9.91. The number of carboxylic acids is 2. The quantitative estimate of drug-likeness (QED) is 0.564. The van der Waals surface area contributed by atoms with Gasteiger partial charge in [-0.1, -0.05) is 19.8 Å². The molecule has 0 aromatic rings. The van der Waals surface area contributed by atoms with Crippen LogP contribution in [0.5, 0.6) is 0 Å². The zero-order chi connectivity index (χ0) is 11.1. The van der Waals surface area contributed by atoms with E-state index in [0.717, 1.165) is 12.8 Å². The molecule has 5 nitrogen and oxygen atoms in total. The predicted molar refractivity (Wildman–Crippen MR) is 50.9 cm³/mol. The largest absolute Gasteiger partial charge is 0.481 e. The van der Waals surface area contributed by atoms with Crippen LogP contribution in [0.2, 0.25) is 0 Å². The molecule has 0 heterocycles. The summed E-state index contributed by atoms with van der Waals surface area (Å²) in [6, 6.07) is -1.07. The van der Waals surface area contributed by atoms with Crippen molar-refractivity contribution in [3.63, 3.8) is 0 Å². The average Bonchev–Trinajstić information content (AvgIpc) is 2.10. The topological polar surface area (TPSA) is 101 Å². The lowest BCUT2D eigenvalue weighted by Crippen LogP contribution is -2.39. The maximum atomic E-state index is 10.6. The fraction of sp³-hybridized carbons (Fsp3) is 0.778. The highest BCUT2D eigenvalue weighted by molar-refractivity contribution is 5.75. The Labute approximate surface area is 82.9 Å². The summed E-state index contributed by atoms with van der Waals surface area (Å²) < 4.78 is 0. The van der Waals surface area contributed by atoms with Crippen LogP contribution < -0.4 is 5.73 Å². The Hall–Kier alpha value is -1.10. The molecule has 0 unspecified atom stereocenters. The second-order valence-corrected chi connectivity index (χ2v) is 3.36. The van der Waals surface area contributed by atoms with Crippen LogP contribution in [-0.4, -0.2) is 28.2 Å². The highest BCUT2D eigenvalue weighted by Crippen LogP contribution is 2.16. The summed E-state index contributed by atoms with van der Waals surface area (Å²) in [6.45, 7) is 1.96. The minimum Gasteiger partial charge on any atom is -0.481 e. The fourth-order valence-corrected chi connectivity index (χ4v) is 1.30. The summed E-state index contributed by atoms with van der Waals surface area (Å²) >= 11 is 0. The molecule has 0 aromatic heterocycles. The highest BCUT2D eigenvalue weighted by Gasteiger charge is 2.25. The van der Waals surface area contributed by atoms with Gasteiger partial charge in [0.2, 0.25) is 0 Å². The first kappa shape index (κ1) is 12.9. The molecule has 0 aliphatic carbocycles. The monoisotopic (exact) mass is 203 g/mol. The lowest BCUT2D eigenvalue weighted by molar-refractivity contribution is -0.142. The molecule has 0 spiro atoms. The van der Waals surface area contributed by atoms with Gasteiger partial charge in [0.1, 0.15) is 6.04 Å². The maximum absolute atomic E-state index is 10.6. The zero-order valence-corrected chi connectivity index (χ0v) is 8.27. The van der Waals surface area contributed by atoms with Crippen molar-refractivity contribution in [2.45, 2.75) is 38.6 Å². The molecule has 2 atom stereocenters. The summed E-state index contributed by atoms with van der Waals surface area (Å²) in [4.78, 5) is 21.0. The maximum Gasteiger partial charge on any atom is 0.320 e. The van der Waals surface area contributed by atoms with E-state index in [1.807, 2.05) is 6.92 Å². The number of rotatable bonds is 7. The molecule has 0 rings (SSSR count). The number of unbranched alkanes of at least 4 members (excludes halogenated alkanes) is 1. The average molecular weight is 203 g/mol. The predicted octanol–water partition coefficient (Wildman–Crippen LogP) is 0.679. The van der Waals surface area contributed by atoms with Crippen LogP contribution >= 0.6 is 0 Å². The van der Waals surface area contributed by atoms with Gasteiger partial charge in [-0.15, -0.1) is 0 Å². The Kier molecular flexibility index (Phi) is 5.87. The third-order valence-corrected chi connectivity index (χ3v) is 2.16. The zero-order valence-electron chi connectivity index (χ0n) is 8.27. The molecule has 14 heavy (non-hydrogen) atoms. The van der Waals surface area contributed by atoms with E-state index in [1.165, 1.54) is 0 Å². The molecular formula is C9H17NO4. The van der Waals surface area contributed by atoms with Crippen LogP contribution in [-0.2, 0) is 9.59 Å². The SMILES string of the molecule is CCCC[C@H](CC(=O)O)[C@@H](N)C(=O)O. The second-order valence-electron chi connectivity index (χ2n) is 3.36. The van der Waals surface area contributed by atoms with Crippen molar-refractivity contribution >= 4 is 11.9 Å². The molecule has 0 amide bonds. The number of aliphatic carboxylic acids is 2. The Morgan fingerprint density at radius 3 is 2.29 bits per heavy atom. The van der Waals surface area contributed by atoms with E-state index in [0.29, 0.717) is 6.42 Å². The first-order chi connectivity index (χ1) is 6.49. The summed E-state index contributed by atoms with van der Waals surface area (Å²) in [5.41, 5.74) is 5.39. The standard InChI is InChI=1S/C9H17NO4/c1-2-3-4-6(5-7(11)12)8(10)9(13)14/h6,8H,2-5,10H2,1H3,(H,11,12)(H,13,14)/t6-,8-/m1/s1. The van der Waals surface area contributed by atoms with E-state index >= 15 is 0 Å². The van der Waals surface area contributed by atoms with E-state index in [2.05, 4.69) is 0 Å². The molecule has 4 N–H and O–H groups in total. The van der Waals surface area contributed by atoms with Crippen LogP contribution in [0.3, 0.4) is 0 Å². The van der Waals surface area contributed by atoms with E-state index in [9.17, 15) is 9.59 Å². The van der Waals surface area contributed by atoms with Crippen molar-refractivity contribution in [3.8, 4) is 0 Å². The van der Waals surface area contributed by atoms with E-state index in [1.54, 1.807) is 0 Å². The van der Waals surface area contributed by atoms with Gasteiger partial charge in [0.25, 0.3) is 0 Å². The van der Waals surface area contributed by atoms with E-state index in [4.69, 9.17) is 15.9 Å². The molecule has 0 bridgehead atoms. The molecule has 0 fully saturated rings. The summed E-state index contributed by atoms with van der Waals surface area (Å²) in [6.07, 6.45) is 2.09. The van der Waals surface area contributed by atoms with Gasteiger partial charge >= 0.3 is 11.9 Å². The van der Waals surface area contributed by atoms with Gasteiger partial charge < -0.3 is 15.9 Å². The van der Waals surface area contributed by atoms with Crippen LogP contribution in [0.15, 0.2) is 0 Å². The van der Waals surface area contributed by atoms with Crippen molar-refractivity contribution < 1.29 is 19.8 Å². The van der Waals surface area contributed by atoms with Crippen molar-refractivity contribution in [2.75, 3.05) is 0 Å². The molecule has 0 saturated carbocycles. The minimum absolute atomic E-state index is 0.173. The third-order valence-electron chi connectivity index (χ3n) is 2.16. The summed E-state index contributed by atoms with van der Waals surface area (Å²) in [5, 5.41) is 17.2. The first-order valence-electron chi connectivity index (χ1n) is 4.69.